The van der Waals surface area contributed by atoms with Crippen molar-refractivity contribution in [2.24, 2.45) is 0 Å². The Morgan fingerprint density at radius 3 is 2.73 bits per heavy atom. The lowest BCUT2D eigenvalue weighted by Crippen LogP contribution is -2.48. The average molecular weight is 369 g/mol. The maximum absolute atomic E-state index is 12.4. The molecular formula is C19H19N3O3S. The molecule has 0 unspecified atom stereocenters. The van der Waals surface area contributed by atoms with Gasteiger partial charge in [0.25, 0.3) is 11.8 Å². The van der Waals surface area contributed by atoms with Crippen LogP contribution in [0.4, 0.5) is 0 Å². The number of carbonyl (C=O) groups is 1. The van der Waals surface area contributed by atoms with E-state index in [1.54, 1.807) is 0 Å². The van der Waals surface area contributed by atoms with E-state index in [-0.39, 0.29) is 18.4 Å². The summed E-state index contributed by atoms with van der Waals surface area (Å²) in [5.74, 6) is 2.05. The van der Waals surface area contributed by atoms with Crippen molar-refractivity contribution in [3.63, 3.8) is 0 Å². The second-order valence-corrected chi connectivity index (χ2v) is 7.40. The SMILES string of the molecule is Cc1ccc(OCc2nc(C3CN(C(=O)c4sccc4C)C3)no2)cc1. The molecule has 6 nitrogen and oxygen atoms in total. The summed E-state index contributed by atoms with van der Waals surface area (Å²) in [4.78, 5) is 19.5. The Bertz CT molecular complexity index is 910. The van der Waals surface area contributed by atoms with E-state index >= 15 is 0 Å². The lowest BCUT2D eigenvalue weighted by molar-refractivity contribution is 0.0596. The minimum absolute atomic E-state index is 0.0835. The number of amides is 1. The molecule has 26 heavy (non-hydrogen) atoms. The van der Waals surface area contributed by atoms with Gasteiger partial charge >= 0.3 is 0 Å². The lowest BCUT2D eigenvalue weighted by atomic mass is 9.99. The van der Waals surface area contributed by atoms with Crippen LogP contribution in [-0.4, -0.2) is 34.0 Å². The summed E-state index contributed by atoms with van der Waals surface area (Å²) < 4.78 is 10.9. The fourth-order valence-electron chi connectivity index (χ4n) is 2.82. The molecule has 7 heteroatoms. The fraction of sp³-hybridized carbons (Fsp3) is 0.316. The van der Waals surface area contributed by atoms with Crippen LogP contribution in [0.15, 0.2) is 40.2 Å². The highest BCUT2D eigenvalue weighted by molar-refractivity contribution is 7.12. The predicted octanol–water partition coefficient (Wildman–Crippen LogP) is 3.57. The smallest absolute Gasteiger partial charge is 0.264 e. The van der Waals surface area contributed by atoms with Gasteiger partial charge in [-0.05, 0) is 43.0 Å². The average Bonchev–Trinajstić information content (AvgIpc) is 3.22. The Morgan fingerprint density at radius 2 is 2.04 bits per heavy atom. The summed E-state index contributed by atoms with van der Waals surface area (Å²) in [6.45, 7) is 5.46. The zero-order chi connectivity index (χ0) is 18.1. The molecule has 0 bridgehead atoms. The molecule has 2 aromatic heterocycles. The van der Waals surface area contributed by atoms with Gasteiger partial charge in [-0.1, -0.05) is 22.9 Å². The van der Waals surface area contributed by atoms with E-state index in [9.17, 15) is 4.79 Å². The standard InChI is InChI=1S/C19H19N3O3S/c1-12-3-5-15(6-4-12)24-11-16-20-18(21-25-16)14-9-22(10-14)19(23)17-13(2)7-8-26-17/h3-8,14H,9-11H2,1-2H3. The molecule has 0 spiro atoms. The van der Waals surface area contributed by atoms with Gasteiger partial charge in [0.2, 0.25) is 0 Å². The molecule has 1 saturated heterocycles. The number of rotatable bonds is 5. The van der Waals surface area contributed by atoms with Crippen molar-refractivity contribution in [3.8, 4) is 5.75 Å². The van der Waals surface area contributed by atoms with Crippen LogP contribution in [0.25, 0.3) is 0 Å². The molecule has 0 atom stereocenters. The number of aryl methyl sites for hydroxylation is 2. The first kappa shape index (κ1) is 16.8. The van der Waals surface area contributed by atoms with E-state index in [0.29, 0.717) is 24.8 Å². The molecule has 134 valence electrons. The van der Waals surface area contributed by atoms with Crippen LogP contribution in [0.3, 0.4) is 0 Å². The zero-order valence-corrected chi connectivity index (χ0v) is 15.5. The van der Waals surface area contributed by atoms with Crippen molar-refractivity contribution < 1.29 is 14.1 Å². The van der Waals surface area contributed by atoms with Crippen LogP contribution in [-0.2, 0) is 6.61 Å². The van der Waals surface area contributed by atoms with Gasteiger partial charge in [-0.25, -0.2) is 0 Å². The Balaban J connectivity index is 1.31. The normalized spacial score (nSPS) is 14.3. The summed E-state index contributed by atoms with van der Waals surface area (Å²) in [7, 11) is 0. The van der Waals surface area contributed by atoms with Crippen molar-refractivity contribution in [3.05, 3.63) is 63.4 Å². The molecule has 0 N–H and O–H groups in total. The highest BCUT2D eigenvalue weighted by Crippen LogP contribution is 2.28. The van der Waals surface area contributed by atoms with Crippen LogP contribution in [0, 0.1) is 13.8 Å². The van der Waals surface area contributed by atoms with Crippen LogP contribution in [0.1, 0.15) is 38.4 Å². The van der Waals surface area contributed by atoms with E-state index in [0.717, 1.165) is 16.2 Å². The van der Waals surface area contributed by atoms with Gasteiger partial charge in [0.1, 0.15) is 5.75 Å². The minimum atomic E-state index is 0.0835. The van der Waals surface area contributed by atoms with Crippen molar-refractivity contribution in [1.29, 1.82) is 0 Å². The number of likely N-dealkylation sites (tertiary alicyclic amines) is 1. The number of hydrogen-bond donors (Lipinski definition) is 0. The van der Waals surface area contributed by atoms with Gasteiger partial charge < -0.3 is 14.2 Å². The Hall–Kier alpha value is -2.67. The molecule has 1 aliphatic rings. The maximum Gasteiger partial charge on any atom is 0.264 e. The summed E-state index contributed by atoms with van der Waals surface area (Å²) in [5, 5.41) is 5.98. The molecule has 1 amide bonds. The first-order valence-electron chi connectivity index (χ1n) is 8.45. The number of hydrogen-bond acceptors (Lipinski definition) is 6. The largest absolute Gasteiger partial charge is 0.484 e. The Kier molecular flexibility index (Phi) is 4.46. The first-order chi connectivity index (χ1) is 12.6. The van der Waals surface area contributed by atoms with Gasteiger partial charge in [-0.3, -0.25) is 4.79 Å². The van der Waals surface area contributed by atoms with Crippen LogP contribution in [0.2, 0.25) is 0 Å². The molecule has 4 rings (SSSR count). The number of aromatic nitrogens is 2. The number of carbonyl (C=O) groups excluding carboxylic acids is 1. The molecule has 0 saturated carbocycles. The van der Waals surface area contributed by atoms with Gasteiger partial charge in [-0.15, -0.1) is 11.3 Å². The van der Waals surface area contributed by atoms with E-state index in [1.165, 1.54) is 16.9 Å². The van der Waals surface area contributed by atoms with Crippen LogP contribution >= 0.6 is 11.3 Å². The summed E-state index contributed by atoms with van der Waals surface area (Å²) in [6, 6.07) is 9.77. The number of nitrogens with zero attached hydrogens (tertiary/aromatic N) is 3. The highest BCUT2D eigenvalue weighted by atomic mass is 32.1. The van der Waals surface area contributed by atoms with E-state index in [1.807, 2.05) is 54.5 Å². The monoisotopic (exact) mass is 369 g/mol. The molecule has 1 aliphatic heterocycles. The highest BCUT2D eigenvalue weighted by Gasteiger charge is 2.36. The summed E-state index contributed by atoms with van der Waals surface area (Å²) >= 11 is 1.48. The number of ether oxygens (including phenoxy) is 1. The van der Waals surface area contributed by atoms with Gasteiger partial charge in [0.05, 0.1) is 10.8 Å². The van der Waals surface area contributed by atoms with E-state index in [4.69, 9.17) is 9.26 Å². The Labute approximate surface area is 155 Å². The molecule has 1 fully saturated rings. The van der Waals surface area contributed by atoms with Crippen molar-refractivity contribution in [2.75, 3.05) is 13.1 Å². The summed E-state index contributed by atoms with van der Waals surface area (Å²) in [5.41, 5.74) is 2.21. The van der Waals surface area contributed by atoms with Crippen molar-refractivity contribution in [2.45, 2.75) is 26.4 Å². The number of thiophene rings is 1. The second kappa shape index (κ2) is 6.92. The predicted molar refractivity (Wildman–Crippen MR) is 97.5 cm³/mol. The lowest BCUT2D eigenvalue weighted by Gasteiger charge is -2.37. The van der Waals surface area contributed by atoms with Crippen molar-refractivity contribution in [1.82, 2.24) is 15.0 Å². The molecular weight excluding hydrogens is 350 g/mol. The van der Waals surface area contributed by atoms with Gasteiger partial charge in [0, 0.05) is 13.1 Å². The summed E-state index contributed by atoms with van der Waals surface area (Å²) in [6.07, 6.45) is 0. The number of benzene rings is 1. The quantitative estimate of drug-likeness (QED) is 0.688. The molecule has 0 aliphatic carbocycles. The molecule has 0 radical (unpaired) electrons. The van der Waals surface area contributed by atoms with Crippen LogP contribution < -0.4 is 4.74 Å². The Morgan fingerprint density at radius 1 is 1.27 bits per heavy atom. The topological polar surface area (TPSA) is 68.5 Å². The zero-order valence-electron chi connectivity index (χ0n) is 14.6. The molecule has 3 heterocycles. The third-order valence-electron chi connectivity index (χ3n) is 4.46. The first-order valence-corrected chi connectivity index (χ1v) is 9.33. The second-order valence-electron chi connectivity index (χ2n) is 6.49. The van der Waals surface area contributed by atoms with E-state index in [2.05, 4.69) is 10.1 Å². The van der Waals surface area contributed by atoms with E-state index < -0.39 is 0 Å². The molecule has 3 aromatic rings. The van der Waals surface area contributed by atoms with Crippen molar-refractivity contribution >= 4 is 17.2 Å². The van der Waals surface area contributed by atoms with Crippen LogP contribution in [0.5, 0.6) is 5.75 Å². The maximum atomic E-state index is 12.4. The van der Waals surface area contributed by atoms with Gasteiger partial charge in [0.15, 0.2) is 12.4 Å². The third kappa shape index (κ3) is 3.35. The minimum Gasteiger partial charge on any atom is -0.484 e. The molecule has 1 aromatic carbocycles. The van der Waals surface area contributed by atoms with Gasteiger partial charge in [-0.2, -0.15) is 4.98 Å². The third-order valence-corrected chi connectivity index (χ3v) is 5.46. The fourth-order valence-corrected chi connectivity index (χ4v) is 3.71.